The standard InChI is InChI=1S/C8H10O3/c1-6(8(10)11)4-3-5-7(2)9/h3-5H,1-2H3,(H,10,11)/b5-3+,6-4+. The molecule has 0 aromatic rings. The first kappa shape index (κ1) is 9.62. The molecule has 60 valence electrons. The molecule has 0 atom stereocenters. The van der Waals surface area contributed by atoms with Gasteiger partial charge in [0.25, 0.3) is 0 Å². The Hall–Kier alpha value is -1.38. The Morgan fingerprint density at radius 1 is 1.27 bits per heavy atom. The fourth-order valence-corrected chi connectivity index (χ4v) is 0.399. The number of hydrogen-bond donors (Lipinski definition) is 1. The summed E-state index contributed by atoms with van der Waals surface area (Å²) >= 11 is 0. The highest BCUT2D eigenvalue weighted by Crippen LogP contribution is 1.91. The SMILES string of the molecule is CC(=O)/C=C/C=C(\C)C(=O)O. The summed E-state index contributed by atoms with van der Waals surface area (Å²) in [6, 6.07) is 0. The zero-order valence-electron chi connectivity index (χ0n) is 6.50. The predicted octanol–water partition coefficient (Wildman–Crippen LogP) is 1.16. The molecule has 1 N–H and O–H groups in total. The van der Waals surface area contributed by atoms with E-state index in [0.717, 1.165) is 0 Å². The first-order chi connectivity index (χ1) is 5.04. The molecule has 0 bridgehead atoms. The van der Waals surface area contributed by atoms with Gasteiger partial charge in [-0.25, -0.2) is 4.79 Å². The van der Waals surface area contributed by atoms with Crippen molar-refractivity contribution < 1.29 is 14.7 Å². The fraction of sp³-hybridized carbons (Fsp3) is 0.250. The molecule has 0 spiro atoms. The minimum atomic E-state index is -0.974. The average molecular weight is 154 g/mol. The van der Waals surface area contributed by atoms with Gasteiger partial charge in [-0.1, -0.05) is 12.2 Å². The van der Waals surface area contributed by atoms with Crippen LogP contribution in [0.1, 0.15) is 13.8 Å². The third-order valence-corrected chi connectivity index (χ3v) is 1.01. The molecule has 3 nitrogen and oxygen atoms in total. The highest BCUT2D eigenvalue weighted by atomic mass is 16.4. The molecule has 3 heteroatoms. The summed E-state index contributed by atoms with van der Waals surface area (Å²) in [4.78, 5) is 20.5. The number of rotatable bonds is 3. The van der Waals surface area contributed by atoms with Crippen LogP contribution < -0.4 is 0 Å². The van der Waals surface area contributed by atoms with E-state index in [1.165, 1.54) is 32.1 Å². The molecule has 0 fully saturated rings. The van der Waals surface area contributed by atoms with E-state index in [0.29, 0.717) is 0 Å². The smallest absolute Gasteiger partial charge is 0.331 e. The lowest BCUT2D eigenvalue weighted by Crippen LogP contribution is -1.94. The van der Waals surface area contributed by atoms with Crippen molar-refractivity contribution in [3.63, 3.8) is 0 Å². The average Bonchev–Trinajstić information content (AvgIpc) is 1.86. The molecular weight excluding hydrogens is 144 g/mol. The van der Waals surface area contributed by atoms with Crippen molar-refractivity contribution in [2.75, 3.05) is 0 Å². The number of carbonyl (C=O) groups excluding carboxylic acids is 1. The van der Waals surface area contributed by atoms with Crippen molar-refractivity contribution >= 4 is 11.8 Å². The van der Waals surface area contributed by atoms with E-state index in [4.69, 9.17) is 5.11 Å². The topological polar surface area (TPSA) is 54.4 Å². The molecule has 0 aliphatic carbocycles. The first-order valence-corrected chi connectivity index (χ1v) is 3.13. The van der Waals surface area contributed by atoms with Gasteiger partial charge in [-0.15, -0.1) is 0 Å². The van der Waals surface area contributed by atoms with E-state index in [-0.39, 0.29) is 11.4 Å². The van der Waals surface area contributed by atoms with Crippen molar-refractivity contribution in [2.24, 2.45) is 0 Å². The molecular formula is C8H10O3. The summed E-state index contributed by atoms with van der Waals surface area (Å²) in [7, 11) is 0. The number of carboxylic acids is 1. The summed E-state index contributed by atoms with van der Waals surface area (Å²) in [6.07, 6.45) is 4.11. The molecule has 0 rings (SSSR count). The normalized spacial score (nSPS) is 12.0. The Bertz CT molecular complexity index is 223. The Morgan fingerprint density at radius 2 is 1.82 bits per heavy atom. The molecule has 0 unspecified atom stereocenters. The fourth-order valence-electron chi connectivity index (χ4n) is 0.399. The maximum Gasteiger partial charge on any atom is 0.331 e. The van der Waals surface area contributed by atoms with Crippen LogP contribution >= 0.6 is 0 Å². The summed E-state index contributed by atoms with van der Waals surface area (Å²) in [5, 5.41) is 8.36. The second-order valence-electron chi connectivity index (χ2n) is 2.12. The summed E-state index contributed by atoms with van der Waals surface area (Å²) in [5.74, 6) is -1.07. The van der Waals surface area contributed by atoms with Crippen molar-refractivity contribution in [1.29, 1.82) is 0 Å². The Balaban J connectivity index is 4.13. The number of ketones is 1. The number of hydrogen-bond acceptors (Lipinski definition) is 2. The quantitative estimate of drug-likeness (QED) is 0.490. The zero-order chi connectivity index (χ0) is 8.85. The van der Waals surface area contributed by atoms with Gasteiger partial charge in [0.2, 0.25) is 0 Å². The maximum absolute atomic E-state index is 10.3. The second kappa shape index (κ2) is 4.44. The molecule has 0 aliphatic heterocycles. The van der Waals surface area contributed by atoms with Gasteiger partial charge in [0, 0.05) is 5.57 Å². The maximum atomic E-state index is 10.3. The van der Waals surface area contributed by atoms with Gasteiger partial charge in [0.05, 0.1) is 0 Å². The van der Waals surface area contributed by atoms with Gasteiger partial charge in [0.15, 0.2) is 5.78 Å². The number of aliphatic carboxylic acids is 1. The molecule has 0 heterocycles. The molecule has 0 saturated carbocycles. The second-order valence-corrected chi connectivity index (χ2v) is 2.12. The van der Waals surface area contributed by atoms with Crippen LogP contribution in [-0.2, 0) is 9.59 Å². The highest BCUT2D eigenvalue weighted by Gasteiger charge is 1.95. The highest BCUT2D eigenvalue weighted by molar-refractivity contribution is 5.89. The summed E-state index contributed by atoms with van der Waals surface area (Å²) in [5.41, 5.74) is 0.211. The molecule has 0 aromatic heterocycles. The van der Waals surface area contributed by atoms with Crippen LogP contribution in [0.2, 0.25) is 0 Å². The van der Waals surface area contributed by atoms with Crippen LogP contribution in [0.5, 0.6) is 0 Å². The van der Waals surface area contributed by atoms with Crippen molar-refractivity contribution in [3.8, 4) is 0 Å². The van der Waals surface area contributed by atoms with Gasteiger partial charge in [-0.05, 0) is 19.9 Å². The lowest BCUT2D eigenvalue weighted by molar-refractivity contribution is -0.132. The van der Waals surface area contributed by atoms with Crippen molar-refractivity contribution in [3.05, 3.63) is 23.8 Å². The first-order valence-electron chi connectivity index (χ1n) is 3.13. The molecule has 0 radical (unpaired) electrons. The van der Waals surface area contributed by atoms with Crippen molar-refractivity contribution in [1.82, 2.24) is 0 Å². The third kappa shape index (κ3) is 5.08. The Labute approximate surface area is 65.0 Å². The number of allylic oxidation sites excluding steroid dienone is 3. The molecule has 0 aliphatic rings. The third-order valence-electron chi connectivity index (χ3n) is 1.01. The number of carboxylic acid groups (broad SMARTS) is 1. The Morgan fingerprint density at radius 3 is 2.18 bits per heavy atom. The molecule has 0 aromatic carbocycles. The van der Waals surface area contributed by atoms with Gasteiger partial charge >= 0.3 is 5.97 Å². The van der Waals surface area contributed by atoms with E-state index in [1.807, 2.05) is 0 Å². The van der Waals surface area contributed by atoms with Gasteiger partial charge in [-0.2, -0.15) is 0 Å². The molecule has 11 heavy (non-hydrogen) atoms. The van der Waals surface area contributed by atoms with Crippen LogP contribution in [0.15, 0.2) is 23.8 Å². The molecule has 0 amide bonds. The van der Waals surface area contributed by atoms with Crippen LogP contribution in [-0.4, -0.2) is 16.9 Å². The lowest BCUT2D eigenvalue weighted by Gasteiger charge is -1.86. The Kier molecular flexibility index (Phi) is 3.88. The van der Waals surface area contributed by atoms with Crippen LogP contribution in [0.25, 0.3) is 0 Å². The van der Waals surface area contributed by atoms with Gasteiger partial charge < -0.3 is 5.11 Å². The van der Waals surface area contributed by atoms with E-state index in [9.17, 15) is 9.59 Å². The largest absolute Gasteiger partial charge is 0.478 e. The predicted molar refractivity (Wildman–Crippen MR) is 41.2 cm³/mol. The van der Waals surface area contributed by atoms with E-state index in [2.05, 4.69) is 0 Å². The van der Waals surface area contributed by atoms with Crippen molar-refractivity contribution in [2.45, 2.75) is 13.8 Å². The minimum Gasteiger partial charge on any atom is -0.478 e. The van der Waals surface area contributed by atoms with Crippen LogP contribution in [0.3, 0.4) is 0 Å². The van der Waals surface area contributed by atoms with E-state index in [1.54, 1.807) is 0 Å². The van der Waals surface area contributed by atoms with Crippen LogP contribution in [0.4, 0.5) is 0 Å². The van der Waals surface area contributed by atoms with E-state index >= 15 is 0 Å². The summed E-state index contributed by atoms with van der Waals surface area (Å²) in [6.45, 7) is 2.87. The van der Waals surface area contributed by atoms with Gasteiger partial charge in [-0.3, -0.25) is 4.79 Å². The lowest BCUT2D eigenvalue weighted by atomic mass is 10.2. The zero-order valence-corrected chi connectivity index (χ0v) is 6.50. The monoisotopic (exact) mass is 154 g/mol. The van der Waals surface area contributed by atoms with E-state index < -0.39 is 5.97 Å². The molecule has 0 saturated heterocycles. The summed E-state index contributed by atoms with van der Waals surface area (Å²) < 4.78 is 0. The van der Waals surface area contributed by atoms with Gasteiger partial charge in [0.1, 0.15) is 0 Å². The van der Waals surface area contributed by atoms with Crippen LogP contribution in [0, 0.1) is 0 Å². The minimum absolute atomic E-state index is 0.0977. The number of carbonyl (C=O) groups is 2.